The molecule has 3 nitrogen and oxygen atoms in total. The molecule has 0 radical (unpaired) electrons. The molecule has 1 heterocycles. The summed E-state index contributed by atoms with van der Waals surface area (Å²) in [6, 6.07) is 10.3. The first-order valence-corrected chi connectivity index (χ1v) is 5.98. The van der Waals surface area contributed by atoms with Crippen molar-refractivity contribution in [3.05, 3.63) is 53.2 Å². The lowest BCUT2D eigenvalue weighted by atomic mass is 10.2. The van der Waals surface area contributed by atoms with Crippen LogP contribution in [0.1, 0.15) is 16.7 Å². The van der Waals surface area contributed by atoms with Crippen molar-refractivity contribution in [1.29, 1.82) is 0 Å². The molecule has 0 saturated heterocycles. The molecule has 0 atom stereocenters. The molecule has 0 fully saturated rings. The van der Waals surface area contributed by atoms with Crippen molar-refractivity contribution in [1.82, 2.24) is 4.98 Å². The van der Waals surface area contributed by atoms with E-state index in [4.69, 9.17) is 5.11 Å². The predicted molar refractivity (Wildman–Crippen MR) is 74.1 cm³/mol. The van der Waals surface area contributed by atoms with E-state index in [1.807, 2.05) is 20.0 Å². The summed E-state index contributed by atoms with van der Waals surface area (Å²) in [5.41, 5.74) is 4.25. The fourth-order valence-electron chi connectivity index (χ4n) is 1.95. The van der Waals surface area contributed by atoms with Crippen molar-refractivity contribution < 1.29 is 5.11 Å². The van der Waals surface area contributed by atoms with Gasteiger partial charge >= 0.3 is 0 Å². The smallest absolute Gasteiger partial charge is 0.135 e. The molecule has 0 saturated carbocycles. The number of pyridine rings is 1. The average Bonchev–Trinajstić information content (AvgIpc) is 2.38. The SMILES string of the molecule is Cc1ccc(N(C)c2ncc(CO)cc2C)cc1. The summed E-state index contributed by atoms with van der Waals surface area (Å²) in [5.74, 6) is 0.913. The minimum atomic E-state index is 0.0301. The number of aliphatic hydroxyl groups excluding tert-OH is 1. The van der Waals surface area contributed by atoms with E-state index >= 15 is 0 Å². The summed E-state index contributed by atoms with van der Waals surface area (Å²) in [6.07, 6.45) is 1.72. The molecule has 0 unspecified atom stereocenters. The summed E-state index contributed by atoms with van der Waals surface area (Å²) in [5, 5.41) is 9.09. The third-order valence-corrected chi connectivity index (χ3v) is 3.03. The number of rotatable bonds is 3. The molecule has 0 aliphatic carbocycles. The Balaban J connectivity index is 2.33. The molecule has 0 bridgehead atoms. The molecular weight excluding hydrogens is 224 g/mol. The van der Waals surface area contributed by atoms with E-state index in [9.17, 15) is 0 Å². The minimum Gasteiger partial charge on any atom is -0.392 e. The number of aromatic nitrogens is 1. The molecule has 0 spiro atoms. The maximum atomic E-state index is 9.09. The lowest BCUT2D eigenvalue weighted by Gasteiger charge is -2.20. The van der Waals surface area contributed by atoms with E-state index in [0.717, 1.165) is 22.6 Å². The minimum absolute atomic E-state index is 0.0301. The molecule has 3 heteroatoms. The molecule has 2 aromatic rings. The van der Waals surface area contributed by atoms with Crippen LogP contribution in [-0.2, 0) is 6.61 Å². The predicted octanol–water partition coefficient (Wildman–Crippen LogP) is 2.96. The van der Waals surface area contributed by atoms with Crippen molar-refractivity contribution in [2.75, 3.05) is 11.9 Å². The van der Waals surface area contributed by atoms with Crippen LogP contribution in [0.15, 0.2) is 36.5 Å². The van der Waals surface area contributed by atoms with E-state index < -0.39 is 0 Å². The van der Waals surface area contributed by atoms with Gasteiger partial charge in [0.25, 0.3) is 0 Å². The first-order valence-electron chi connectivity index (χ1n) is 5.98. The van der Waals surface area contributed by atoms with Gasteiger partial charge in [-0.15, -0.1) is 0 Å². The number of hydrogen-bond acceptors (Lipinski definition) is 3. The highest BCUT2D eigenvalue weighted by molar-refractivity contribution is 5.62. The number of nitrogens with zero attached hydrogens (tertiary/aromatic N) is 2. The van der Waals surface area contributed by atoms with Gasteiger partial charge in [0.15, 0.2) is 0 Å². The number of hydrogen-bond donors (Lipinski definition) is 1. The second-order valence-corrected chi connectivity index (χ2v) is 4.54. The second-order valence-electron chi connectivity index (χ2n) is 4.54. The normalized spacial score (nSPS) is 10.4. The molecular formula is C15H18N2O. The lowest BCUT2D eigenvalue weighted by Crippen LogP contribution is -2.13. The largest absolute Gasteiger partial charge is 0.392 e. The topological polar surface area (TPSA) is 36.4 Å². The molecule has 94 valence electrons. The van der Waals surface area contributed by atoms with Crippen LogP contribution in [0.25, 0.3) is 0 Å². The molecule has 1 aromatic carbocycles. The van der Waals surface area contributed by atoms with Gasteiger partial charge in [0, 0.05) is 18.9 Å². The van der Waals surface area contributed by atoms with Gasteiger partial charge in [-0.05, 0) is 43.2 Å². The molecule has 0 aliphatic rings. The summed E-state index contributed by atoms with van der Waals surface area (Å²) in [4.78, 5) is 6.47. The fourth-order valence-corrected chi connectivity index (χ4v) is 1.95. The van der Waals surface area contributed by atoms with Gasteiger partial charge in [0.05, 0.1) is 6.61 Å². The van der Waals surface area contributed by atoms with Crippen LogP contribution in [0.4, 0.5) is 11.5 Å². The monoisotopic (exact) mass is 242 g/mol. The molecule has 18 heavy (non-hydrogen) atoms. The van der Waals surface area contributed by atoms with Gasteiger partial charge < -0.3 is 10.0 Å². The summed E-state index contributed by atoms with van der Waals surface area (Å²) < 4.78 is 0. The highest BCUT2D eigenvalue weighted by atomic mass is 16.3. The van der Waals surface area contributed by atoms with Crippen molar-refractivity contribution in [3.8, 4) is 0 Å². The van der Waals surface area contributed by atoms with Gasteiger partial charge in [-0.25, -0.2) is 4.98 Å². The Morgan fingerprint density at radius 1 is 1.17 bits per heavy atom. The zero-order chi connectivity index (χ0) is 13.1. The fraction of sp³-hybridized carbons (Fsp3) is 0.267. The van der Waals surface area contributed by atoms with E-state index in [1.165, 1.54) is 5.56 Å². The quantitative estimate of drug-likeness (QED) is 0.899. The molecule has 0 amide bonds. The maximum Gasteiger partial charge on any atom is 0.135 e. The summed E-state index contributed by atoms with van der Waals surface area (Å²) in [7, 11) is 2.00. The standard InChI is InChI=1S/C15H18N2O/c1-11-4-6-14(7-5-11)17(3)15-12(2)8-13(10-18)9-16-15/h4-9,18H,10H2,1-3H3. The number of aryl methyl sites for hydroxylation is 2. The van der Waals surface area contributed by atoms with Crippen molar-refractivity contribution in [2.45, 2.75) is 20.5 Å². The van der Waals surface area contributed by atoms with Gasteiger partial charge in [-0.3, -0.25) is 0 Å². The molecule has 1 aromatic heterocycles. The second kappa shape index (κ2) is 5.19. The molecule has 0 aliphatic heterocycles. The summed E-state index contributed by atoms with van der Waals surface area (Å²) in [6.45, 7) is 4.11. The van der Waals surface area contributed by atoms with E-state index in [1.54, 1.807) is 6.20 Å². The average molecular weight is 242 g/mol. The van der Waals surface area contributed by atoms with Crippen LogP contribution in [0.2, 0.25) is 0 Å². The van der Waals surface area contributed by atoms with E-state index in [-0.39, 0.29) is 6.61 Å². The highest BCUT2D eigenvalue weighted by Crippen LogP contribution is 2.25. The van der Waals surface area contributed by atoms with Crippen molar-refractivity contribution >= 4 is 11.5 Å². The van der Waals surface area contributed by atoms with Crippen molar-refractivity contribution in [2.24, 2.45) is 0 Å². The Hall–Kier alpha value is -1.87. The Morgan fingerprint density at radius 2 is 1.83 bits per heavy atom. The lowest BCUT2D eigenvalue weighted by molar-refractivity contribution is 0.281. The Bertz CT molecular complexity index is 535. The first kappa shape index (κ1) is 12.6. The van der Waals surface area contributed by atoms with E-state index in [0.29, 0.717) is 0 Å². The zero-order valence-electron chi connectivity index (χ0n) is 11.0. The molecule has 1 N–H and O–H groups in total. The van der Waals surface area contributed by atoms with Crippen LogP contribution in [0.3, 0.4) is 0 Å². The van der Waals surface area contributed by atoms with Gasteiger partial charge in [0.2, 0.25) is 0 Å². The number of anilines is 2. The van der Waals surface area contributed by atoms with E-state index in [2.05, 4.69) is 41.1 Å². The third-order valence-electron chi connectivity index (χ3n) is 3.03. The zero-order valence-corrected chi connectivity index (χ0v) is 11.0. The van der Waals surface area contributed by atoms with Gasteiger partial charge in [-0.1, -0.05) is 17.7 Å². The number of aliphatic hydroxyl groups is 1. The molecule has 2 rings (SSSR count). The third kappa shape index (κ3) is 2.51. The first-order chi connectivity index (χ1) is 8.61. The number of benzene rings is 1. The Labute approximate surface area is 108 Å². The Kier molecular flexibility index (Phi) is 3.63. The van der Waals surface area contributed by atoms with Crippen LogP contribution in [0, 0.1) is 13.8 Å². The van der Waals surface area contributed by atoms with Crippen molar-refractivity contribution in [3.63, 3.8) is 0 Å². The summed E-state index contributed by atoms with van der Waals surface area (Å²) >= 11 is 0. The van der Waals surface area contributed by atoms with Crippen LogP contribution >= 0.6 is 0 Å². The van der Waals surface area contributed by atoms with Crippen LogP contribution in [0.5, 0.6) is 0 Å². The highest BCUT2D eigenvalue weighted by Gasteiger charge is 2.08. The van der Waals surface area contributed by atoms with Gasteiger partial charge in [-0.2, -0.15) is 0 Å². The van der Waals surface area contributed by atoms with Gasteiger partial charge in [0.1, 0.15) is 5.82 Å². The maximum absolute atomic E-state index is 9.09. The Morgan fingerprint density at radius 3 is 2.39 bits per heavy atom. The van der Waals surface area contributed by atoms with Crippen LogP contribution < -0.4 is 4.90 Å². The van der Waals surface area contributed by atoms with Crippen LogP contribution in [-0.4, -0.2) is 17.1 Å².